The summed E-state index contributed by atoms with van der Waals surface area (Å²) in [5.41, 5.74) is 4.02. The van der Waals surface area contributed by atoms with Crippen LogP contribution in [-0.4, -0.2) is 16.8 Å². The second-order valence-electron chi connectivity index (χ2n) is 5.27. The number of nitrogens with zero attached hydrogens (tertiary/aromatic N) is 2. The highest BCUT2D eigenvalue weighted by atomic mass is 79.9. The third-order valence-electron chi connectivity index (χ3n) is 3.67. The molecule has 0 amide bonds. The van der Waals surface area contributed by atoms with Crippen LogP contribution in [0.4, 0.5) is 4.39 Å². The predicted octanol–water partition coefficient (Wildman–Crippen LogP) is 3.92. The van der Waals surface area contributed by atoms with E-state index < -0.39 is 0 Å². The molecule has 0 aliphatic rings. The maximum absolute atomic E-state index is 13.6. The summed E-state index contributed by atoms with van der Waals surface area (Å²) >= 11 is 3.62. The zero-order valence-electron chi connectivity index (χ0n) is 12.9. The fourth-order valence-electron chi connectivity index (χ4n) is 2.61. The first kappa shape index (κ1) is 16.2. The molecule has 0 aliphatic heterocycles. The molecule has 114 valence electrons. The summed E-state index contributed by atoms with van der Waals surface area (Å²) in [5.74, 6) is -0.190. The van der Waals surface area contributed by atoms with E-state index in [0.717, 1.165) is 40.0 Å². The van der Waals surface area contributed by atoms with Gasteiger partial charge in [0.2, 0.25) is 0 Å². The standard InChI is InChI=1S/C16H21BrFN3/c1-5-21-15(16(17)11(3)20-21)9-14(19-4)12-6-10(2)7-13(18)8-12/h6-8,14,19H,5,9H2,1-4H3. The molecule has 1 aromatic heterocycles. The second kappa shape index (κ2) is 6.71. The number of aromatic nitrogens is 2. The molecule has 2 rings (SSSR count). The van der Waals surface area contributed by atoms with Gasteiger partial charge in [0.15, 0.2) is 0 Å². The zero-order chi connectivity index (χ0) is 15.6. The first-order valence-electron chi connectivity index (χ1n) is 7.12. The van der Waals surface area contributed by atoms with E-state index in [9.17, 15) is 4.39 Å². The van der Waals surface area contributed by atoms with E-state index in [-0.39, 0.29) is 11.9 Å². The highest BCUT2D eigenvalue weighted by Gasteiger charge is 2.18. The van der Waals surface area contributed by atoms with Crippen molar-refractivity contribution in [1.29, 1.82) is 0 Å². The summed E-state index contributed by atoms with van der Waals surface area (Å²) in [4.78, 5) is 0. The third kappa shape index (κ3) is 3.52. The Labute approximate surface area is 133 Å². The van der Waals surface area contributed by atoms with Gasteiger partial charge in [-0.05, 0) is 67.0 Å². The van der Waals surface area contributed by atoms with E-state index in [1.54, 1.807) is 12.1 Å². The van der Waals surface area contributed by atoms with Crippen molar-refractivity contribution in [2.45, 2.75) is 39.8 Å². The molecule has 0 saturated carbocycles. The third-order valence-corrected chi connectivity index (χ3v) is 4.70. The highest BCUT2D eigenvalue weighted by Crippen LogP contribution is 2.27. The van der Waals surface area contributed by atoms with Crippen LogP contribution in [-0.2, 0) is 13.0 Å². The molecule has 21 heavy (non-hydrogen) atoms. The Morgan fingerprint density at radius 2 is 2.05 bits per heavy atom. The number of rotatable bonds is 5. The van der Waals surface area contributed by atoms with Gasteiger partial charge in [-0.3, -0.25) is 4.68 Å². The molecular weight excluding hydrogens is 333 g/mol. The molecule has 2 aromatic rings. The van der Waals surface area contributed by atoms with Gasteiger partial charge in [-0.2, -0.15) is 5.10 Å². The van der Waals surface area contributed by atoms with Crippen molar-refractivity contribution in [3.8, 4) is 0 Å². The Bertz CT molecular complexity index is 616. The molecule has 1 atom stereocenters. The van der Waals surface area contributed by atoms with Crippen LogP contribution in [0.3, 0.4) is 0 Å². The van der Waals surface area contributed by atoms with Gasteiger partial charge in [-0.25, -0.2) is 4.39 Å². The Balaban J connectivity index is 2.35. The molecule has 3 nitrogen and oxygen atoms in total. The second-order valence-corrected chi connectivity index (χ2v) is 6.06. The molecule has 1 aromatic carbocycles. The van der Waals surface area contributed by atoms with Gasteiger partial charge < -0.3 is 5.32 Å². The lowest BCUT2D eigenvalue weighted by Crippen LogP contribution is -2.21. The van der Waals surface area contributed by atoms with Crippen LogP contribution in [0.1, 0.15) is 35.5 Å². The summed E-state index contributed by atoms with van der Waals surface area (Å²) in [7, 11) is 1.90. The lowest BCUT2D eigenvalue weighted by molar-refractivity contribution is 0.535. The van der Waals surface area contributed by atoms with Crippen molar-refractivity contribution in [1.82, 2.24) is 15.1 Å². The lowest BCUT2D eigenvalue weighted by Gasteiger charge is -2.18. The van der Waals surface area contributed by atoms with E-state index >= 15 is 0 Å². The molecule has 0 spiro atoms. The Morgan fingerprint density at radius 3 is 2.62 bits per heavy atom. The van der Waals surface area contributed by atoms with Crippen molar-refractivity contribution in [2.24, 2.45) is 0 Å². The minimum Gasteiger partial charge on any atom is -0.313 e. The lowest BCUT2D eigenvalue weighted by atomic mass is 10.00. The van der Waals surface area contributed by atoms with Gasteiger partial charge in [0.25, 0.3) is 0 Å². The van der Waals surface area contributed by atoms with Crippen LogP contribution in [0, 0.1) is 19.7 Å². The summed E-state index contributed by atoms with van der Waals surface area (Å²) in [6.45, 7) is 6.79. The SMILES string of the molecule is CCn1nc(C)c(Br)c1CC(NC)c1cc(C)cc(F)c1. The molecule has 0 fully saturated rings. The van der Waals surface area contributed by atoms with Crippen molar-refractivity contribution in [2.75, 3.05) is 7.05 Å². The zero-order valence-corrected chi connectivity index (χ0v) is 14.5. The molecule has 0 bridgehead atoms. The van der Waals surface area contributed by atoms with E-state index in [0.29, 0.717) is 0 Å². The van der Waals surface area contributed by atoms with E-state index in [4.69, 9.17) is 0 Å². The minimum atomic E-state index is -0.190. The Morgan fingerprint density at radius 1 is 1.33 bits per heavy atom. The van der Waals surface area contributed by atoms with Crippen LogP contribution in [0.2, 0.25) is 0 Å². The van der Waals surface area contributed by atoms with Gasteiger partial charge >= 0.3 is 0 Å². The minimum absolute atomic E-state index is 0.0529. The van der Waals surface area contributed by atoms with Crippen LogP contribution in [0.5, 0.6) is 0 Å². The van der Waals surface area contributed by atoms with Gasteiger partial charge in [-0.15, -0.1) is 0 Å². The summed E-state index contributed by atoms with van der Waals surface area (Å²) in [6.07, 6.45) is 0.759. The molecule has 0 saturated heterocycles. The monoisotopic (exact) mass is 353 g/mol. The summed E-state index contributed by atoms with van der Waals surface area (Å²) in [6, 6.07) is 5.23. The largest absolute Gasteiger partial charge is 0.313 e. The first-order valence-corrected chi connectivity index (χ1v) is 7.91. The molecule has 0 radical (unpaired) electrons. The Kier molecular flexibility index (Phi) is 5.17. The van der Waals surface area contributed by atoms with Gasteiger partial charge in [0.05, 0.1) is 15.9 Å². The van der Waals surface area contributed by atoms with Gasteiger partial charge in [0, 0.05) is 19.0 Å². The fourth-order valence-corrected chi connectivity index (χ4v) is 3.06. The fraction of sp³-hybridized carbons (Fsp3) is 0.438. The average molecular weight is 354 g/mol. The summed E-state index contributed by atoms with van der Waals surface area (Å²) in [5, 5.41) is 7.79. The van der Waals surface area contributed by atoms with Gasteiger partial charge in [-0.1, -0.05) is 6.07 Å². The predicted molar refractivity (Wildman–Crippen MR) is 87.0 cm³/mol. The van der Waals surface area contributed by atoms with Crippen LogP contribution >= 0.6 is 15.9 Å². The molecule has 0 aliphatic carbocycles. The molecule has 1 unspecified atom stereocenters. The quantitative estimate of drug-likeness (QED) is 0.882. The molecule has 1 heterocycles. The number of aryl methyl sites for hydroxylation is 3. The maximum atomic E-state index is 13.6. The average Bonchev–Trinajstić information content (AvgIpc) is 2.70. The van der Waals surface area contributed by atoms with Crippen molar-refractivity contribution in [3.05, 3.63) is 51.0 Å². The smallest absolute Gasteiger partial charge is 0.123 e. The molecule has 1 N–H and O–H groups in total. The summed E-state index contributed by atoms with van der Waals surface area (Å²) < 4.78 is 16.7. The van der Waals surface area contributed by atoms with Crippen LogP contribution in [0.25, 0.3) is 0 Å². The van der Waals surface area contributed by atoms with E-state index in [2.05, 4.69) is 33.3 Å². The van der Waals surface area contributed by atoms with Crippen LogP contribution < -0.4 is 5.32 Å². The van der Waals surface area contributed by atoms with Crippen LogP contribution in [0.15, 0.2) is 22.7 Å². The van der Waals surface area contributed by atoms with E-state index in [1.807, 2.05) is 31.6 Å². The molecular formula is C16H21BrFN3. The number of benzene rings is 1. The van der Waals surface area contributed by atoms with Crippen molar-refractivity contribution in [3.63, 3.8) is 0 Å². The highest BCUT2D eigenvalue weighted by molar-refractivity contribution is 9.10. The van der Waals surface area contributed by atoms with Crippen molar-refractivity contribution < 1.29 is 4.39 Å². The van der Waals surface area contributed by atoms with E-state index in [1.165, 1.54) is 0 Å². The number of hydrogen-bond donors (Lipinski definition) is 1. The first-order chi connectivity index (χ1) is 9.96. The maximum Gasteiger partial charge on any atom is 0.123 e. The number of nitrogens with one attached hydrogen (secondary N) is 1. The van der Waals surface area contributed by atoms with Gasteiger partial charge in [0.1, 0.15) is 5.82 Å². The Hall–Kier alpha value is -1.20. The topological polar surface area (TPSA) is 29.9 Å². The normalized spacial score (nSPS) is 12.7. The molecule has 5 heteroatoms. The number of hydrogen-bond acceptors (Lipinski definition) is 2. The van der Waals surface area contributed by atoms with Crippen molar-refractivity contribution >= 4 is 15.9 Å². The number of halogens is 2. The number of likely N-dealkylation sites (N-methyl/N-ethyl adjacent to an activating group) is 1.